The fourth-order valence-electron chi connectivity index (χ4n) is 2.37. The zero-order valence-corrected chi connectivity index (χ0v) is 12.5. The van der Waals surface area contributed by atoms with Crippen LogP contribution in [0.2, 0.25) is 5.02 Å². The smallest absolute Gasteiger partial charge is 0.0509 e. The van der Waals surface area contributed by atoms with Gasteiger partial charge in [-0.15, -0.1) is 0 Å². The molecule has 2 rings (SSSR count). The van der Waals surface area contributed by atoms with Crippen molar-refractivity contribution >= 4 is 27.5 Å². The van der Waals surface area contributed by atoms with Crippen LogP contribution >= 0.6 is 27.5 Å². The van der Waals surface area contributed by atoms with Gasteiger partial charge in [-0.3, -0.25) is 11.3 Å². The van der Waals surface area contributed by atoms with Crippen LogP contribution in [0.3, 0.4) is 0 Å². The second-order valence-electron chi connectivity index (χ2n) is 4.69. The molecular formula is C13H18BrClN2O. The van der Waals surface area contributed by atoms with Gasteiger partial charge in [-0.1, -0.05) is 33.6 Å². The fraction of sp³-hybridized carbons (Fsp3) is 0.538. The maximum absolute atomic E-state index is 6.24. The van der Waals surface area contributed by atoms with Gasteiger partial charge in [-0.05, 0) is 42.9 Å². The number of hydrogen-bond donors (Lipinski definition) is 2. The monoisotopic (exact) mass is 332 g/mol. The molecule has 1 aromatic carbocycles. The van der Waals surface area contributed by atoms with Crippen molar-refractivity contribution < 1.29 is 4.74 Å². The number of benzene rings is 1. The first-order chi connectivity index (χ1) is 8.70. The summed E-state index contributed by atoms with van der Waals surface area (Å²) in [6, 6.07) is 6.18. The molecule has 100 valence electrons. The molecule has 1 aliphatic heterocycles. The van der Waals surface area contributed by atoms with Gasteiger partial charge in [0.05, 0.1) is 6.61 Å². The fourth-order valence-corrected chi connectivity index (χ4v) is 3.12. The molecule has 0 aliphatic carbocycles. The standard InChI is InChI=1S/C13H18BrClN2O/c14-11-4-3-9(12(15)7-11)6-13(17-16)10-2-1-5-18-8-10/h3-4,7,10,13,17H,1-2,5-6,8,16H2. The minimum Gasteiger partial charge on any atom is -0.381 e. The minimum absolute atomic E-state index is 0.212. The van der Waals surface area contributed by atoms with Gasteiger partial charge in [-0.25, -0.2) is 0 Å². The van der Waals surface area contributed by atoms with Gasteiger partial charge in [-0.2, -0.15) is 0 Å². The first-order valence-corrected chi connectivity index (χ1v) is 7.35. The Hall–Kier alpha value is -0.130. The molecule has 0 spiro atoms. The van der Waals surface area contributed by atoms with E-state index in [1.54, 1.807) is 0 Å². The van der Waals surface area contributed by atoms with Gasteiger partial charge in [0.2, 0.25) is 0 Å². The maximum Gasteiger partial charge on any atom is 0.0509 e. The molecule has 0 radical (unpaired) electrons. The molecule has 1 heterocycles. The Morgan fingerprint density at radius 1 is 1.56 bits per heavy atom. The normalized spacial score (nSPS) is 21.8. The summed E-state index contributed by atoms with van der Waals surface area (Å²) in [5.41, 5.74) is 4.03. The zero-order valence-electron chi connectivity index (χ0n) is 10.2. The van der Waals surface area contributed by atoms with Gasteiger partial charge in [0.25, 0.3) is 0 Å². The lowest BCUT2D eigenvalue weighted by Gasteiger charge is -2.30. The van der Waals surface area contributed by atoms with Crippen molar-refractivity contribution in [2.45, 2.75) is 25.3 Å². The highest BCUT2D eigenvalue weighted by Crippen LogP contribution is 2.25. The molecule has 2 unspecified atom stereocenters. The molecule has 1 fully saturated rings. The molecule has 0 aromatic heterocycles. The first-order valence-electron chi connectivity index (χ1n) is 6.18. The van der Waals surface area contributed by atoms with E-state index in [0.717, 1.165) is 47.5 Å². The van der Waals surface area contributed by atoms with Gasteiger partial charge >= 0.3 is 0 Å². The van der Waals surface area contributed by atoms with Crippen molar-refractivity contribution in [2.24, 2.45) is 11.8 Å². The lowest BCUT2D eigenvalue weighted by atomic mass is 9.90. The SMILES string of the molecule is NNC(Cc1ccc(Br)cc1Cl)C1CCCOC1. The molecule has 0 bridgehead atoms. The number of hydrogen-bond acceptors (Lipinski definition) is 3. The van der Waals surface area contributed by atoms with E-state index in [4.69, 9.17) is 22.2 Å². The topological polar surface area (TPSA) is 47.3 Å². The number of halogens is 2. The predicted octanol–water partition coefficient (Wildman–Crippen LogP) is 2.90. The number of rotatable bonds is 4. The molecule has 2 atom stereocenters. The van der Waals surface area contributed by atoms with E-state index in [-0.39, 0.29) is 6.04 Å². The van der Waals surface area contributed by atoms with Crippen LogP contribution in [0.1, 0.15) is 18.4 Å². The summed E-state index contributed by atoms with van der Waals surface area (Å²) < 4.78 is 6.51. The number of nitrogens with one attached hydrogen (secondary N) is 1. The third-order valence-electron chi connectivity index (χ3n) is 3.43. The van der Waals surface area contributed by atoms with E-state index < -0.39 is 0 Å². The summed E-state index contributed by atoms with van der Waals surface area (Å²) in [5.74, 6) is 6.14. The van der Waals surface area contributed by atoms with E-state index in [9.17, 15) is 0 Å². The zero-order chi connectivity index (χ0) is 13.0. The largest absolute Gasteiger partial charge is 0.381 e. The molecular weight excluding hydrogens is 316 g/mol. The lowest BCUT2D eigenvalue weighted by molar-refractivity contribution is 0.0393. The highest BCUT2D eigenvalue weighted by molar-refractivity contribution is 9.10. The van der Waals surface area contributed by atoms with Crippen molar-refractivity contribution in [3.05, 3.63) is 33.3 Å². The molecule has 18 heavy (non-hydrogen) atoms. The highest BCUT2D eigenvalue weighted by Gasteiger charge is 2.24. The number of nitrogens with two attached hydrogens (primary N) is 1. The average molecular weight is 334 g/mol. The Bertz CT molecular complexity index is 397. The molecule has 0 saturated carbocycles. The highest BCUT2D eigenvalue weighted by atomic mass is 79.9. The first kappa shape index (κ1) is 14.3. The molecule has 3 nitrogen and oxygen atoms in total. The third kappa shape index (κ3) is 3.68. The van der Waals surface area contributed by atoms with Crippen LogP contribution in [0.4, 0.5) is 0 Å². The summed E-state index contributed by atoms with van der Waals surface area (Å²) >= 11 is 9.65. The average Bonchev–Trinajstić information content (AvgIpc) is 2.39. The van der Waals surface area contributed by atoms with E-state index in [0.29, 0.717) is 5.92 Å². The summed E-state index contributed by atoms with van der Waals surface area (Å²) in [7, 11) is 0. The summed E-state index contributed by atoms with van der Waals surface area (Å²) in [6.07, 6.45) is 3.09. The third-order valence-corrected chi connectivity index (χ3v) is 4.28. The number of ether oxygens (including phenoxy) is 1. The second-order valence-corrected chi connectivity index (χ2v) is 6.01. The van der Waals surface area contributed by atoms with Crippen LogP contribution in [-0.2, 0) is 11.2 Å². The van der Waals surface area contributed by atoms with Gasteiger partial charge in [0.1, 0.15) is 0 Å². The molecule has 1 saturated heterocycles. The Labute approximate surface area is 121 Å². The van der Waals surface area contributed by atoms with Gasteiger partial charge in [0.15, 0.2) is 0 Å². The van der Waals surface area contributed by atoms with E-state index in [1.807, 2.05) is 18.2 Å². The van der Waals surface area contributed by atoms with E-state index in [1.165, 1.54) is 0 Å². The van der Waals surface area contributed by atoms with Crippen molar-refractivity contribution in [3.63, 3.8) is 0 Å². The van der Waals surface area contributed by atoms with Crippen molar-refractivity contribution in [1.82, 2.24) is 5.43 Å². The molecule has 1 aliphatic rings. The Balaban J connectivity index is 2.04. The van der Waals surface area contributed by atoms with E-state index in [2.05, 4.69) is 21.4 Å². The molecule has 5 heteroatoms. The summed E-state index contributed by atoms with van der Waals surface area (Å²) in [6.45, 7) is 1.65. The van der Waals surface area contributed by atoms with Crippen molar-refractivity contribution in [2.75, 3.05) is 13.2 Å². The lowest BCUT2D eigenvalue weighted by Crippen LogP contribution is -2.45. The van der Waals surface area contributed by atoms with Crippen LogP contribution in [0.5, 0.6) is 0 Å². The molecule has 1 aromatic rings. The van der Waals surface area contributed by atoms with Crippen LogP contribution in [-0.4, -0.2) is 19.3 Å². The van der Waals surface area contributed by atoms with Crippen LogP contribution < -0.4 is 11.3 Å². The summed E-state index contributed by atoms with van der Waals surface area (Å²) in [4.78, 5) is 0. The molecule has 3 N–H and O–H groups in total. The minimum atomic E-state index is 0.212. The maximum atomic E-state index is 6.24. The summed E-state index contributed by atoms with van der Waals surface area (Å²) in [5, 5.41) is 0.779. The van der Waals surface area contributed by atoms with E-state index >= 15 is 0 Å². The Morgan fingerprint density at radius 2 is 2.39 bits per heavy atom. The van der Waals surface area contributed by atoms with Crippen molar-refractivity contribution in [3.8, 4) is 0 Å². The van der Waals surface area contributed by atoms with Crippen molar-refractivity contribution in [1.29, 1.82) is 0 Å². The Kier molecular flexibility index (Phi) is 5.45. The van der Waals surface area contributed by atoms with Crippen LogP contribution in [0.15, 0.2) is 22.7 Å². The predicted molar refractivity (Wildman–Crippen MR) is 77.5 cm³/mol. The second kappa shape index (κ2) is 6.87. The van der Waals surface area contributed by atoms with Gasteiger partial charge in [0, 0.05) is 22.1 Å². The van der Waals surface area contributed by atoms with Gasteiger partial charge < -0.3 is 4.74 Å². The van der Waals surface area contributed by atoms with Crippen LogP contribution in [0, 0.1) is 5.92 Å². The van der Waals surface area contributed by atoms with Crippen LogP contribution in [0.25, 0.3) is 0 Å². The Morgan fingerprint density at radius 3 is 3.00 bits per heavy atom. The molecule has 0 amide bonds. The quantitative estimate of drug-likeness (QED) is 0.658. The number of hydrazine groups is 1.